The van der Waals surface area contributed by atoms with E-state index in [1.165, 1.54) is 0 Å². The number of anilines is 1. The lowest BCUT2D eigenvalue weighted by Gasteiger charge is -2.16. The Morgan fingerprint density at radius 3 is 1.80 bits per heavy atom. The van der Waals surface area contributed by atoms with Gasteiger partial charge >= 0.3 is 0 Å². The summed E-state index contributed by atoms with van der Waals surface area (Å²) in [6, 6.07) is 7.03. The third kappa shape index (κ3) is 5.55. The van der Waals surface area contributed by atoms with Gasteiger partial charge in [-0.3, -0.25) is 9.59 Å². The van der Waals surface area contributed by atoms with Gasteiger partial charge in [0, 0.05) is 22.6 Å². The number of nitrogens with one attached hydrogen (secondary N) is 1. The first-order chi connectivity index (χ1) is 9.21. The van der Waals surface area contributed by atoms with Crippen LogP contribution >= 0.6 is 0 Å². The summed E-state index contributed by atoms with van der Waals surface area (Å²) in [4.78, 5) is 23.5. The van der Waals surface area contributed by atoms with Crippen molar-refractivity contribution in [3.05, 3.63) is 29.8 Å². The third-order valence-electron chi connectivity index (χ3n) is 2.62. The minimum absolute atomic E-state index is 0.0232. The average Bonchev–Trinajstić information content (AvgIpc) is 2.40. The van der Waals surface area contributed by atoms with E-state index in [2.05, 4.69) is 5.32 Å². The summed E-state index contributed by atoms with van der Waals surface area (Å²) in [5.41, 5.74) is 1.01. The van der Waals surface area contributed by atoms with E-state index >= 15 is 0 Å². The smallest absolute Gasteiger partial charge is 0.226 e. The topological polar surface area (TPSA) is 46.2 Å². The molecular formula is C17H27NO2. The summed E-state index contributed by atoms with van der Waals surface area (Å²) >= 11 is 0. The van der Waals surface area contributed by atoms with Crippen LogP contribution < -0.4 is 5.32 Å². The van der Waals surface area contributed by atoms with Crippen LogP contribution in [0.3, 0.4) is 0 Å². The molecule has 1 aromatic rings. The number of Topliss-reactive ketones (excluding diaryl/α,β-unsaturated/α-hetero) is 1. The molecule has 1 N–H and O–H groups in total. The Labute approximate surface area is 122 Å². The molecule has 0 aliphatic heterocycles. The Kier molecular flexibility index (Phi) is 7.19. The fourth-order valence-corrected chi connectivity index (χ4v) is 1.42. The SMILES string of the molecule is CC.CC(C)C(=O)Nc1ccc(C(=O)C(C)(C)C)cc1. The third-order valence-corrected chi connectivity index (χ3v) is 2.62. The largest absolute Gasteiger partial charge is 0.326 e. The van der Waals surface area contributed by atoms with Gasteiger partial charge in [-0.1, -0.05) is 48.5 Å². The molecule has 3 nitrogen and oxygen atoms in total. The van der Waals surface area contributed by atoms with Gasteiger partial charge < -0.3 is 5.32 Å². The number of rotatable bonds is 3. The van der Waals surface area contributed by atoms with Crippen molar-refractivity contribution in [3.8, 4) is 0 Å². The van der Waals surface area contributed by atoms with Gasteiger partial charge in [0.2, 0.25) is 5.91 Å². The van der Waals surface area contributed by atoms with E-state index in [-0.39, 0.29) is 23.0 Å². The summed E-state index contributed by atoms with van der Waals surface area (Å²) in [7, 11) is 0. The van der Waals surface area contributed by atoms with E-state index < -0.39 is 0 Å². The highest BCUT2D eigenvalue weighted by Gasteiger charge is 2.22. The van der Waals surface area contributed by atoms with Crippen LogP contribution in [0, 0.1) is 11.3 Å². The first-order valence-corrected chi connectivity index (χ1v) is 7.17. The van der Waals surface area contributed by atoms with Crippen molar-refractivity contribution in [2.45, 2.75) is 48.5 Å². The Bertz CT molecular complexity index is 439. The minimum Gasteiger partial charge on any atom is -0.326 e. The molecule has 0 spiro atoms. The molecule has 1 rings (SSSR count). The van der Waals surface area contributed by atoms with Crippen LogP contribution in [0.5, 0.6) is 0 Å². The molecule has 112 valence electrons. The number of hydrogen-bond donors (Lipinski definition) is 1. The number of carbonyl (C=O) groups is 2. The van der Waals surface area contributed by atoms with Gasteiger partial charge in [-0.05, 0) is 24.3 Å². The zero-order valence-corrected chi connectivity index (χ0v) is 13.7. The Morgan fingerprint density at radius 2 is 1.45 bits per heavy atom. The van der Waals surface area contributed by atoms with Crippen molar-refractivity contribution < 1.29 is 9.59 Å². The fraction of sp³-hybridized carbons (Fsp3) is 0.529. The van der Waals surface area contributed by atoms with Crippen molar-refractivity contribution in [1.29, 1.82) is 0 Å². The van der Waals surface area contributed by atoms with Crippen LogP contribution in [0.25, 0.3) is 0 Å². The molecule has 0 unspecified atom stereocenters. The van der Waals surface area contributed by atoms with E-state index in [1.54, 1.807) is 24.3 Å². The highest BCUT2D eigenvalue weighted by Crippen LogP contribution is 2.21. The summed E-state index contributed by atoms with van der Waals surface area (Å²) in [6.07, 6.45) is 0. The monoisotopic (exact) mass is 277 g/mol. The summed E-state index contributed by atoms with van der Waals surface area (Å²) in [5.74, 6) is 0.0232. The molecule has 0 bridgehead atoms. The van der Waals surface area contributed by atoms with Crippen LogP contribution in [-0.2, 0) is 4.79 Å². The van der Waals surface area contributed by atoms with Crippen molar-refractivity contribution in [2.75, 3.05) is 5.32 Å². The lowest BCUT2D eigenvalue weighted by atomic mass is 9.86. The number of carbonyl (C=O) groups excluding carboxylic acids is 2. The van der Waals surface area contributed by atoms with E-state index in [0.29, 0.717) is 5.56 Å². The average molecular weight is 277 g/mol. The molecular weight excluding hydrogens is 250 g/mol. The van der Waals surface area contributed by atoms with E-state index in [0.717, 1.165) is 5.69 Å². The number of ketones is 1. The van der Waals surface area contributed by atoms with Crippen LogP contribution in [0.4, 0.5) is 5.69 Å². The Balaban J connectivity index is 0.00000172. The molecule has 3 heteroatoms. The molecule has 0 radical (unpaired) electrons. The van der Waals surface area contributed by atoms with Crippen LogP contribution in [0.2, 0.25) is 0 Å². The summed E-state index contributed by atoms with van der Waals surface area (Å²) in [6.45, 7) is 13.4. The molecule has 0 saturated carbocycles. The van der Waals surface area contributed by atoms with Crippen LogP contribution in [0.15, 0.2) is 24.3 Å². The van der Waals surface area contributed by atoms with Gasteiger partial charge in [0.25, 0.3) is 0 Å². The van der Waals surface area contributed by atoms with Crippen LogP contribution in [0.1, 0.15) is 58.8 Å². The molecule has 0 fully saturated rings. The molecule has 0 aromatic heterocycles. The second-order valence-electron chi connectivity index (χ2n) is 5.80. The zero-order chi connectivity index (χ0) is 15.9. The predicted octanol–water partition coefficient (Wildman–Crippen LogP) is 4.54. The maximum Gasteiger partial charge on any atom is 0.226 e. The highest BCUT2D eigenvalue weighted by atomic mass is 16.1. The van der Waals surface area contributed by atoms with E-state index in [1.807, 2.05) is 48.5 Å². The molecule has 20 heavy (non-hydrogen) atoms. The molecule has 0 aliphatic rings. The molecule has 1 aromatic carbocycles. The number of hydrogen-bond acceptors (Lipinski definition) is 2. The quantitative estimate of drug-likeness (QED) is 0.825. The highest BCUT2D eigenvalue weighted by molar-refractivity contribution is 6.00. The van der Waals surface area contributed by atoms with Crippen molar-refractivity contribution >= 4 is 17.4 Å². The Morgan fingerprint density at radius 1 is 1.00 bits per heavy atom. The van der Waals surface area contributed by atoms with E-state index in [4.69, 9.17) is 0 Å². The van der Waals surface area contributed by atoms with Gasteiger partial charge in [-0.2, -0.15) is 0 Å². The second kappa shape index (κ2) is 7.83. The molecule has 0 aliphatic carbocycles. The van der Waals surface area contributed by atoms with Crippen molar-refractivity contribution in [3.63, 3.8) is 0 Å². The molecule has 1 amide bonds. The molecule has 0 saturated heterocycles. The maximum absolute atomic E-state index is 12.0. The van der Waals surface area contributed by atoms with Crippen LogP contribution in [-0.4, -0.2) is 11.7 Å². The van der Waals surface area contributed by atoms with Gasteiger partial charge in [0.1, 0.15) is 0 Å². The summed E-state index contributed by atoms with van der Waals surface area (Å²) < 4.78 is 0. The Hall–Kier alpha value is -1.64. The second-order valence-corrected chi connectivity index (χ2v) is 5.80. The first kappa shape index (κ1) is 18.4. The normalized spacial score (nSPS) is 10.6. The fourth-order valence-electron chi connectivity index (χ4n) is 1.42. The van der Waals surface area contributed by atoms with Gasteiger partial charge in [0.15, 0.2) is 5.78 Å². The first-order valence-electron chi connectivity index (χ1n) is 7.17. The van der Waals surface area contributed by atoms with E-state index in [9.17, 15) is 9.59 Å². The van der Waals surface area contributed by atoms with Gasteiger partial charge in [-0.25, -0.2) is 0 Å². The summed E-state index contributed by atoms with van der Waals surface area (Å²) in [5, 5.41) is 2.80. The number of benzene rings is 1. The maximum atomic E-state index is 12.0. The van der Waals surface area contributed by atoms with Crippen molar-refractivity contribution in [1.82, 2.24) is 0 Å². The standard InChI is InChI=1S/C15H21NO2.C2H6/c1-10(2)14(18)16-12-8-6-11(7-9-12)13(17)15(3,4)5;1-2/h6-10H,1-5H3,(H,16,18);1-2H3. The zero-order valence-electron chi connectivity index (χ0n) is 13.7. The molecule has 0 heterocycles. The predicted molar refractivity (Wildman–Crippen MR) is 85.0 cm³/mol. The minimum atomic E-state index is -0.386. The lowest BCUT2D eigenvalue weighted by molar-refractivity contribution is -0.118. The van der Waals surface area contributed by atoms with Gasteiger partial charge in [-0.15, -0.1) is 0 Å². The lowest BCUT2D eigenvalue weighted by Crippen LogP contribution is -2.20. The van der Waals surface area contributed by atoms with Gasteiger partial charge in [0.05, 0.1) is 0 Å². The van der Waals surface area contributed by atoms with Crippen molar-refractivity contribution in [2.24, 2.45) is 11.3 Å². The molecule has 0 atom stereocenters. The number of amides is 1.